The Labute approximate surface area is 138 Å². The summed E-state index contributed by atoms with van der Waals surface area (Å²) in [7, 11) is 1.77. The van der Waals surface area contributed by atoms with Gasteiger partial charge >= 0.3 is 0 Å². The predicted molar refractivity (Wildman–Crippen MR) is 89.2 cm³/mol. The van der Waals surface area contributed by atoms with Gasteiger partial charge in [-0.3, -0.25) is 4.99 Å². The molecule has 1 aromatic heterocycles. The van der Waals surface area contributed by atoms with Crippen molar-refractivity contribution in [2.24, 2.45) is 10.4 Å². The Morgan fingerprint density at radius 3 is 2.65 bits per heavy atom. The highest BCUT2D eigenvalue weighted by Crippen LogP contribution is 2.48. The minimum atomic E-state index is 0.175. The molecule has 0 spiro atoms. The van der Waals surface area contributed by atoms with Gasteiger partial charge in [-0.05, 0) is 33.1 Å². The molecule has 0 bridgehead atoms. The van der Waals surface area contributed by atoms with Gasteiger partial charge in [-0.15, -0.1) is 0 Å². The van der Waals surface area contributed by atoms with Gasteiger partial charge in [0.25, 0.3) is 0 Å². The molecule has 0 saturated heterocycles. The number of nitrogens with one attached hydrogen (secondary N) is 2. The van der Waals surface area contributed by atoms with Crippen molar-refractivity contribution in [2.75, 3.05) is 13.7 Å². The fourth-order valence-corrected chi connectivity index (χ4v) is 3.51. The number of hydrogen-bond acceptors (Lipinski definition) is 5. The van der Waals surface area contributed by atoms with Crippen molar-refractivity contribution in [3.63, 3.8) is 0 Å². The number of aryl methyl sites for hydroxylation is 1. The molecular weight excluding hydrogens is 294 g/mol. The van der Waals surface area contributed by atoms with Crippen molar-refractivity contribution < 1.29 is 9.26 Å². The summed E-state index contributed by atoms with van der Waals surface area (Å²) in [5.41, 5.74) is 0.175. The molecule has 7 heteroatoms. The molecule has 2 N–H and O–H groups in total. The zero-order chi connectivity index (χ0) is 16.9. The number of hydrogen-bond donors (Lipinski definition) is 2. The number of aliphatic imine (C=N–C) groups is 1. The van der Waals surface area contributed by atoms with E-state index in [-0.39, 0.29) is 5.41 Å². The number of ether oxygens (including phenoxy) is 1. The monoisotopic (exact) mass is 323 g/mol. The van der Waals surface area contributed by atoms with Gasteiger partial charge in [0.15, 0.2) is 11.8 Å². The highest BCUT2D eigenvalue weighted by molar-refractivity contribution is 5.80. The first kappa shape index (κ1) is 17.7. The third-order valence-corrected chi connectivity index (χ3v) is 4.98. The Morgan fingerprint density at radius 1 is 1.39 bits per heavy atom. The second-order valence-electron chi connectivity index (χ2n) is 5.98. The second-order valence-corrected chi connectivity index (χ2v) is 5.98. The van der Waals surface area contributed by atoms with Crippen LogP contribution in [0.2, 0.25) is 0 Å². The van der Waals surface area contributed by atoms with Gasteiger partial charge in [-0.25, -0.2) is 0 Å². The molecule has 130 valence electrons. The normalized spacial score (nSPS) is 23.4. The highest BCUT2D eigenvalue weighted by Gasteiger charge is 2.53. The van der Waals surface area contributed by atoms with Crippen molar-refractivity contribution >= 4 is 5.96 Å². The highest BCUT2D eigenvalue weighted by atomic mass is 16.5. The molecule has 1 aliphatic carbocycles. The molecule has 1 heterocycles. The predicted octanol–water partition coefficient (Wildman–Crippen LogP) is 2.03. The van der Waals surface area contributed by atoms with E-state index in [1.54, 1.807) is 14.0 Å². The van der Waals surface area contributed by atoms with Crippen LogP contribution >= 0.6 is 0 Å². The van der Waals surface area contributed by atoms with Crippen LogP contribution in [-0.2, 0) is 11.3 Å². The topological polar surface area (TPSA) is 84.6 Å². The maximum atomic E-state index is 5.92. The van der Waals surface area contributed by atoms with Gasteiger partial charge in [0.2, 0.25) is 5.89 Å². The SMILES string of the molecule is CCO[C@@H]1C[C@H](NC(=NC)NCc2nc(C)no2)C1(CC)CC. The molecular formula is C16H29N5O2. The van der Waals surface area contributed by atoms with Gasteiger partial charge in [-0.1, -0.05) is 19.0 Å². The van der Waals surface area contributed by atoms with E-state index in [0.29, 0.717) is 30.4 Å². The van der Waals surface area contributed by atoms with Gasteiger partial charge in [0.1, 0.15) is 0 Å². The van der Waals surface area contributed by atoms with E-state index in [0.717, 1.165) is 31.8 Å². The summed E-state index contributed by atoms with van der Waals surface area (Å²) < 4.78 is 11.0. The molecule has 7 nitrogen and oxygen atoms in total. The van der Waals surface area contributed by atoms with Gasteiger partial charge < -0.3 is 19.9 Å². The van der Waals surface area contributed by atoms with Crippen molar-refractivity contribution in [3.05, 3.63) is 11.7 Å². The summed E-state index contributed by atoms with van der Waals surface area (Å²) in [6.45, 7) is 9.57. The number of nitrogens with zero attached hydrogens (tertiary/aromatic N) is 3. The van der Waals surface area contributed by atoms with E-state index in [9.17, 15) is 0 Å². The van der Waals surface area contributed by atoms with Crippen molar-refractivity contribution in [3.8, 4) is 0 Å². The molecule has 2 rings (SSSR count). The minimum absolute atomic E-state index is 0.175. The summed E-state index contributed by atoms with van der Waals surface area (Å²) >= 11 is 0. The Kier molecular flexibility index (Phi) is 5.98. The molecule has 1 aromatic rings. The molecule has 0 radical (unpaired) electrons. The van der Waals surface area contributed by atoms with Crippen LogP contribution in [-0.4, -0.2) is 41.9 Å². The minimum Gasteiger partial charge on any atom is -0.378 e. The number of rotatable bonds is 7. The molecule has 0 unspecified atom stereocenters. The smallest absolute Gasteiger partial charge is 0.246 e. The van der Waals surface area contributed by atoms with Crippen LogP contribution in [0, 0.1) is 12.3 Å². The molecule has 1 saturated carbocycles. The second kappa shape index (κ2) is 7.77. The van der Waals surface area contributed by atoms with Crippen LogP contribution in [0.25, 0.3) is 0 Å². The summed E-state index contributed by atoms with van der Waals surface area (Å²) in [5, 5.41) is 10.5. The fourth-order valence-electron chi connectivity index (χ4n) is 3.51. The van der Waals surface area contributed by atoms with Crippen molar-refractivity contribution in [1.82, 2.24) is 20.8 Å². The summed E-state index contributed by atoms with van der Waals surface area (Å²) in [6.07, 6.45) is 3.52. The quantitative estimate of drug-likeness (QED) is 0.590. The number of aromatic nitrogens is 2. The lowest BCUT2D eigenvalue weighted by Crippen LogP contribution is -2.65. The maximum Gasteiger partial charge on any atom is 0.246 e. The van der Waals surface area contributed by atoms with Gasteiger partial charge in [0, 0.05) is 25.1 Å². The van der Waals surface area contributed by atoms with Gasteiger partial charge in [0.05, 0.1) is 12.6 Å². The summed E-state index contributed by atoms with van der Waals surface area (Å²) in [6, 6.07) is 0.365. The lowest BCUT2D eigenvalue weighted by molar-refractivity contribution is -0.133. The van der Waals surface area contributed by atoms with E-state index in [4.69, 9.17) is 9.26 Å². The van der Waals surface area contributed by atoms with Crippen molar-refractivity contribution in [2.45, 2.75) is 65.6 Å². The summed E-state index contributed by atoms with van der Waals surface area (Å²) in [4.78, 5) is 8.49. The Morgan fingerprint density at radius 2 is 2.13 bits per heavy atom. The van der Waals surface area contributed by atoms with E-state index < -0.39 is 0 Å². The van der Waals surface area contributed by atoms with Crippen LogP contribution in [0.3, 0.4) is 0 Å². The molecule has 23 heavy (non-hydrogen) atoms. The zero-order valence-corrected chi connectivity index (χ0v) is 14.8. The molecule has 0 aromatic carbocycles. The van der Waals surface area contributed by atoms with E-state index >= 15 is 0 Å². The van der Waals surface area contributed by atoms with E-state index in [1.807, 2.05) is 0 Å². The van der Waals surface area contributed by atoms with E-state index in [1.165, 1.54) is 0 Å². The first-order valence-corrected chi connectivity index (χ1v) is 8.47. The lowest BCUT2D eigenvalue weighted by atomic mass is 9.58. The van der Waals surface area contributed by atoms with Crippen LogP contribution in [0.1, 0.15) is 51.7 Å². The van der Waals surface area contributed by atoms with Crippen molar-refractivity contribution in [1.29, 1.82) is 0 Å². The first-order chi connectivity index (χ1) is 11.1. The maximum absolute atomic E-state index is 5.92. The summed E-state index contributed by atoms with van der Waals surface area (Å²) in [5.74, 6) is 1.95. The van der Waals surface area contributed by atoms with Gasteiger partial charge in [-0.2, -0.15) is 4.98 Å². The van der Waals surface area contributed by atoms with E-state index in [2.05, 4.69) is 46.5 Å². The third kappa shape index (κ3) is 3.65. The van der Waals surface area contributed by atoms with Crippen LogP contribution in [0.4, 0.5) is 0 Å². The van der Waals surface area contributed by atoms with Crippen LogP contribution in [0.5, 0.6) is 0 Å². The fraction of sp³-hybridized carbons (Fsp3) is 0.812. The standard InChI is InChI=1S/C16H29N5O2/c1-6-16(7-2)12(9-13(16)22-8-3)20-15(17-5)18-10-14-19-11(4)21-23-14/h12-13H,6-10H2,1-5H3,(H2,17,18,20)/t12-,13+/m0/s1. The molecule has 2 atom stereocenters. The molecule has 0 amide bonds. The lowest BCUT2D eigenvalue weighted by Gasteiger charge is -2.55. The Hall–Kier alpha value is -1.63. The number of guanidine groups is 1. The molecule has 1 fully saturated rings. The van der Waals surface area contributed by atoms with Crippen LogP contribution in [0.15, 0.2) is 9.52 Å². The Bertz CT molecular complexity index is 524. The molecule has 1 aliphatic rings. The zero-order valence-electron chi connectivity index (χ0n) is 14.8. The first-order valence-electron chi connectivity index (χ1n) is 8.47. The third-order valence-electron chi connectivity index (χ3n) is 4.98. The average Bonchev–Trinajstić information content (AvgIpc) is 2.96. The Balaban J connectivity index is 1.93. The largest absolute Gasteiger partial charge is 0.378 e. The van der Waals surface area contributed by atoms with Crippen LogP contribution < -0.4 is 10.6 Å². The average molecular weight is 323 g/mol. The molecule has 0 aliphatic heterocycles.